The molecule has 0 saturated carbocycles. The summed E-state index contributed by atoms with van der Waals surface area (Å²) in [5.41, 5.74) is 13.2. The Balaban J connectivity index is 0.828. The van der Waals surface area contributed by atoms with Crippen LogP contribution in [0.1, 0.15) is 93.9 Å². The minimum absolute atomic E-state index is 0.183. The molecule has 0 radical (unpaired) electrons. The van der Waals surface area contributed by atoms with E-state index in [1.165, 1.54) is 5.56 Å². The summed E-state index contributed by atoms with van der Waals surface area (Å²) in [4.78, 5) is 14.6. The van der Waals surface area contributed by atoms with Crippen molar-refractivity contribution in [1.29, 1.82) is 5.26 Å². The van der Waals surface area contributed by atoms with E-state index in [9.17, 15) is 5.26 Å². The van der Waals surface area contributed by atoms with Gasteiger partial charge in [-0.2, -0.15) is 30.3 Å². The molecule has 0 unspecified atom stereocenters. The second-order valence-corrected chi connectivity index (χ2v) is 16.3. The first-order chi connectivity index (χ1) is 29.7. The topological polar surface area (TPSA) is 144 Å². The van der Waals surface area contributed by atoms with Crippen LogP contribution in [0.25, 0.3) is 38.0 Å². The molecule has 14 nitrogen and oxygen atoms in total. The summed E-state index contributed by atoms with van der Waals surface area (Å²) >= 11 is 0. The molecule has 0 N–H and O–H groups in total. The lowest BCUT2D eigenvalue weighted by Crippen LogP contribution is -2.19. The molecule has 2 aliphatic carbocycles. The summed E-state index contributed by atoms with van der Waals surface area (Å²) in [5.74, 6) is 1.82. The highest BCUT2D eigenvalue weighted by Gasteiger charge is 2.27. The van der Waals surface area contributed by atoms with E-state index in [1.54, 1.807) is 15.6 Å². The molecule has 0 bridgehead atoms. The average molecular weight is 810 g/mol. The Morgan fingerprint density at radius 1 is 0.721 bits per heavy atom. The molecule has 0 fully saturated rings. The summed E-state index contributed by atoms with van der Waals surface area (Å²) < 4.78 is 20.5. The van der Waals surface area contributed by atoms with Crippen LogP contribution < -0.4 is 9.47 Å². The second kappa shape index (κ2) is 15.4. The smallest absolute Gasteiger partial charge is 0.357 e. The SMILES string of the molecule is Cc1cc2cnn(-c3cnn(C)c3)c2cc1OC[C@H]1CCCc2cc(C#[N+]Cn3cc(-n4ncc5cc(C)c(O[C@@H]6CCCc7cc(C#N)c(C)nc76)cc54)cn3)c(C)nc21. The number of aromatic nitrogens is 10. The van der Waals surface area contributed by atoms with Crippen molar-refractivity contribution >= 4 is 21.8 Å². The van der Waals surface area contributed by atoms with E-state index in [4.69, 9.17) is 24.5 Å². The Bertz CT molecular complexity index is 3110. The maximum atomic E-state index is 9.54. The zero-order chi connectivity index (χ0) is 41.8. The third kappa shape index (κ3) is 7.14. The van der Waals surface area contributed by atoms with Crippen LogP contribution in [-0.2, 0) is 26.6 Å². The van der Waals surface area contributed by atoms with Gasteiger partial charge in [0.05, 0.1) is 83.2 Å². The number of hydrogen-bond donors (Lipinski definition) is 0. The van der Waals surface area contributed by atoms with Crippen molar-refractivity contribution in [3.05, 3.63) is 135 Å². The lowest BCUT2D eigenvalue weighted by molar-refractivity contribution is 0.177. The van der Waals surface area contributed by atoms with Crippen LogP contribution in [0, 0.1) is 45.1 Å². The molecule has 10 rings (SSSR count). The van der Waals surface area contributed by atoms with E-state index in [0.717, 1.165) is 128 Å². The number of aryl methyl sites for hydroxylation is 7. The van der Waals surface area contributed by atoms with Gasteiger partial charge in [-0.25, -0.2) is 9.36 Å². The van der Waals surface area contributed by atoms with E-state index in [1.807, 2.05) is 67.3 Å². The molecular formula is C47H45N12O2+. The first kappa shape index (κ1) is 37.9. The van der Waals surface area contributed by atoms with Crippen LogP contribution >= 0.6 is 0 Å². The van der Waals surface area contributed by atoms with Crippen LogP contribution in [0.5, 0.6) is 11.5 Å². The molecule has 304 valence electrons. The first-order valence-electron chi connectivity index (χ1n) is 20.8. The van der Waals surface area contributed by atoms with E-state index >= 15 is 0 Å². The quantitative estimate of drug-likeness (QED) is 0.148. The van der Waals surface area contributed by atoms with Crippen LogP contribution in [0.15, 0.2) is 73.6 Å². The van der Waals surface area contributed by atoms with Crippen molar-refractivity contribution in [2.75, 3.05) is 6.61 Å². The highest BCUT2D eigenvalue weighted by Crippen LogP contribution is 2.37. The third-order valence-corrected chi connectivity index (χ3v) is 12.0. The molecule has 6 heterocycles. The minimum atomic E-state index is -0.184. The number of ether oxygens (including phenoxy) is 2. The number of pyridine rings is 2. The second-order valence-electron chi connectivity index (χ2n) is 16.3. The predicted octanol–water partition coefficient (Wildman–Crippen LogP) is 8.48. The molecular weight excluding hydrogens is 765 g/mol. The van der Waals surface area contributed by atoms with Crippen molar-refractivity contribution < 1.29 is 9.47 Å². The summed E-state index contributed by atoms with van der Waals surface area (Å²) in [5, 5.41) is 29.8. The van der Waals surface area contributed by atoms with E-state index < -0.39 is 0 Å². The number of benzene rings is 2. The highest BCUT2D eigenvalue weighted by molar-refractivity contribution is 5.84. The highest BCUT2D eigenvalue weighted by atomic mass is 16.5. The van der Waals surface area contributed by atoms with Crippen LogP contribution in [0.4, 0.5) is 0 Å². The number of hydrogen-bond acceptors (Lipinski definition) is 9. The molecule has 2 atom stereocenters. The predicted molar refractivity (Wildman–Crippen MR) is 231 cm³/mol. The monoisotopic (exact) mass is 809 g/mol. The Labute approximate surface area is 352 Å². The van der Waals surface area contributed by atoms with Gasteiger partial charge in [0, 0.05) is 35.9 Å². The fraction of sp³-hybridized carbons (Fsp3) is 0.319. The van der Waals surface area contributed by atoms with Crippen molar-refractivity contribution in [2.45, 2.75) is 84.9 Å². The molecule has 0 amide bonds. The van der Waals surface area contributed by atoms with Crippen LogP contribution in [-0.4, -0.2) is 55.7 Å². The van der Waals surface area contributed by atoms with Gasteiger partial charge >= 0.3 is 12.7 Å². The minimum Gasteiger partial charge on any atom is -0.493 e. The molecule has 2 aliphatic rings. The van der Waals surface area contributed by atoms with E-state index in [0.29, 0.717) is 18.8 Å². The van der Waals surface area contributed by atoms with Gasteiger partial charge < -0.3 is 9.47 Å². The van der Waals surface area contributed by atoms with Crippen LogP contribution in [0.3, 0.4) is 0 Å². The number of rotatable bonds is 8. The molecule has 0 aliphatic heterocycles. The van der Waals surface area contributed by atoms with Gasteiger partial charge in [0.15, 0.2) is 0 Å². The van der Waals surface area contributed by atoms with Crippen molar-refractivity contribution in [3.8, 4) is 35.0 Å². The molecule has 8 aromatic rings. The van der Waals surface area contributed by atoms with Gasteiger partial charge in [-0.3, -0.25) is 14.6 Å². The summed E-state index contributed by atoms with van der Waals surface area (Å²) in [6.07, 6.45) is 16.8. The lowest BCUT2D eigenvalue weighted by Gasteiger charge is -2.26. The zero-order valence-electron chi connectivity index (χ0n) is 34.9. The fourth-order valence-corrected chi connectivity index (χ4v) is 8.78. The third-order valence-electron chi connectivity index (χ3n) is 12.0. The zero-order valence-corrected chi connectivity index (χ0v) is 34.9. The van der Waals surface area contributed by atoms with Gasteiger partial charge in [-0.1, -0.05) is 4.85 Å². The summed E-state index contributed by atoms with van der Waals surface area (Å²) in [6.45, 7) is 8.88. The van der Waals surface area contributed by atoms with E-state index in [-0.39, 0.29) is 12.0 Å². The van der Waals surface area contributed by atoms with Crippen molar-refractivity contribution in [2.24, 2.45) is 7.05 Å². The number of nitriles is 1. The van der Waals surface area contributed by atoms with Crippen molar-refractivity contribution in [3.63, 3.8) is 0 Å². The standard InChI is InChI=1S/C47H45N12O2/c1-28-12-37-20-52-58(39-22-50-56(5)24-39)41(37)16-44(28)60-26-34-10-6-8-32-15-36(31(4)54-46(32)34)19-49-27-57-25-40(23-51-57)59-42-17-45(29(2)13-38(42)21-53-59)61-43-11-7-9-33-14-35(18-48)30(3)55-47(33)43/h12-17,20-25,34,43H,6-11,26-27H2,1-5H3/q+1/t34-,43-/m1/s1. The molecule has 2 aromatic carbocycles. The summed E-state index contributed by atoms with van der Waals surface area (Å²) in [6, 6.07) is 18.1. The fourth-order valence-electron chi connectivity index (χ4n) is 8.78. The Hall–Kier alpha value is -7.32. The molecule has 14 heteroatoms. The maximum absolute atomic E-state index is 9.54. The Morgan fingerprint density at radius 3 is 2.10 bits per heavy atom. The lowest BCUT2D eigenvalue weighted by atomic mass is 9.86. The number of nitrogens with zero attached hydrogens (tertiary/aromatic N) is 12. The van der Waals surface area contributed by atoms with Gasteiger partial charge in [-0.05, 0) is 113 Å². The maximum Gasteiger partial charge on any atom is 0.357 e. The largest absolute Gasteiger partial charge is 0.493 e. The van der Waals surface area contributed by atoms with Gasteiger partial charge in [0.2, 0.25) is 0 Å². The molecule has 6 aromatic heterocycles. The molecule has 61 heavy (non-hydrogen) atoms. The van der Waals surface area contributed by atoms with Gasteiger partial charge in [0.25, 0.3) is 0 Å². The molecule has 0 spiro atoms. The Kier molecular flexibility index (Phi) is 9.55. The number of fused-ring (bicyclic) bond motifs is 4. The summed E-state index contributed by atoms with van der Waals surface area (Å²) in [7, 11) is 1.90. The Morgan fingerprint density at radius 2 is 1.36 bits per heavy atom. The molecule has 0 saturated heterocycles. The normalized spacial score (nSPS) is 15.9. The average Bonchev–Trinajstić information content (AvgIpc) is 4.07. The first-order valence-corrected chi connectivity index (χ1v) is 20.8. The van der Waals surface area contributed by atoms with Gasteiger partial charge in [-0.15, -0.1) is 0 Å². The van der Waals surface area contributed by atoms with Crippen LogP contribution in [0.2, 0.25) is 0 Å². The van der Waals surface area contributed by atoms with Gasteiger partial charge in [0.1, 0.15) is 40.6 Å². The van der Waals surface area contributed by atoms with E-state index in [2.05, 4.69) is 76.5 Å². The van der Waals surface area contributed by atoms with Crippen molar-refractivity contribution in [1.82, 2.24) is 49.1 Å².